The smallest absolute Gasteiger partial charge is 0.263 e. The van der Waals surface area contributed by atoms with Crippen molar-refractivity contribution in [2.45, 2.75) is 0 Å². The van der Waals surface area contributed by atoms with Crippen LogP contribution in [0.15, 0.2) is 57.1 Å². The van der Waals surface area contributed by atoms with Gasteiger partial charge in [-0.15, -0.1) is 11.3 Å². The van der Waals surface area contributed by atoms with Crippen LogP contribution >= 0.6 is 27.3 Å². The van der Waals surface area contributed by atoms with Crippen LogP contribution in [-0.2, 0) is 0 Å². The summed E-state index contributed by atoms with van der Waals surface area (Å²) in [6.07, 6.45) is 0. The number of halogens is 1. The maximum atomic E-state index is 12.9. The quantitative estimate of drug-likeness (QED) is 0.383. The van der Waals surface area contributed by atoms with Crippen LogP contribution in [0.1, 0.15) is 0 Å². The van der Waals surface area contributed by atoms with Crippen molar-refractivity contribution in [3.05, 3.63) is 62.7 Å². The molecule has 0 saturated carbocycles. The predicted molar refractivity (Wildman–Crippen MR) is 92.9 cm³/mol. The Morgan fingerprint density at radius 3 is 2.38 bits per heavy atom. The maximum Gasteiger partial charge on any atom is 0.263 e. The van der Waals surface area contributed by atoms with Crippen LogP contribution in [0.25, 0.3) is 37.3 Å². The summed E-state index contributed by atoms with van der Waals surface area (Å²) >= 11 is 5.39. The van der Waals surface area contributed by atoms with Crippen LogP contribution in [0.5, 0.6) is 0 Å². The second-order valence-corrected chi connectivity index (χ2v) is 7.47. The van der Waals surface area contributed by atoms with Gasteiger partial charge in [0.1, 0.15) is 0 Å². The minimum Gasteiger partial charge on any atom is -0.274 e. The van der Waals surface area contributed by atoms with Gasteiger partial charge in [0, 0.05) is 16.2 Å². The number of nitrogens with zero attached hydrogens (tertiary/aromatic N) is 1. The van der Waals surface area contributed by atoms with Crippen LogP contribution in [0.3, 0.4) is 0 Å². The lowest BCUT2D eigenvalue weighted by Gasteiger charge is -2.03. The number of rotatable bonds is 0. The van der Waals surface area contributed by atoms with E-state index in [4.69, 9.17) is 0 Å². The molecule has 21 heavy (non-hydrogen) atoms. The van der Waals surface area contributed by atoms with Gasteiger partial charge >= 0.3 is 0 Å². The monoisotopic (exact) mass is 353 g/mol. The molecule has 3 heterocycles. The number of hydrogen-bond acceptors (Lipinski definition) is 2. The van der Waals surface area contributed by atoms with Crippen molar-refractivity contribution in [2.24, 2.45) is 0 Å². The van der Waals surface area contributed by atoms with Crippen molar-refractivity contribution in [3.63, 3.8) is 0 Å². The molecule has 0 aliphatic rings. The van der Waals surface area contributed by atoms with Crippen molar-refractivity contribution in [1.82, 2.24) is 4.40 Å². The van der Waals surface area contributed by atoms with Crippen molar-refractivity contribution < 1.29 is 0 Å². The lowest BCUT2D eigenvalue weighted by molar-refractivity contribution is 1.21. The van der Waals surface area contributed by atoms with Crippen LogP contribution < -0.4 is 5.56 Å². The highest BCUT2D eigenvalue weighted by Gasteiger charge is 2.20. The number of pyridine rings is 1. The minimum atomic E-state index is 0.0644. The van der Waals surface area contributed by atoms with Crippen molar-refractivity contribution in [2.75, 3.05) is 0 Å². The normalized spacial score (nSPS) is 12.2. The summed E-state index contributed by atoms with van der Waals surface area (Å²) in [4.78, 5) is 12.9. The highest BCUT2D eigenvalue weighted by Crippen LogP contribution is 2.44. The molecule has 0 unspecified atom stereocenters. The fourth-order valence-corrected chi connectivity index (χ4v) is 5.17. The number of aromatic nitrogens is 1. The molecule has 100 valence electrons. The number of benzene rings is 2. The third-order valence-corrected chi connectivity index (χ3v) is 5.97. The summed E-state index contributed by atoms with van der Waals surface area (Å²) in [5.74, 6) is 0. The molecule has 0 amide bonds. The highest BCUT2D eigenvalue weighted by atomic mass is 79.9. The van der Waals surface area contributed by atoms with Gasteiger partial charge in [0.25, 0.3) is 5.56 Å². The molecular formula is C17H8BrNOS. The minimum absolute atomic E-state index is 0.0644. The number of hydrogen-bond donors (Lipinski definition) is 0. The van der Waals surface area contributed by atoms with Gasteiger partial charge in [-0.05, 0) is 33.4 Å². The summed E-state index contributed by atoms with van der Waals surface area (Å²) in [5.41, 5.74) is 2.10. The van der Waals surface area contributed by atoms with Gasteiger partial charge in [0.05, 0.1) is 19.5 Å². The molecule has 4 heteroatoms. The Morgan fingerprint density at radius 1 is 0.905 bits per heavy atom. The van der Waals surface area contributed by atoms with Crippen molar-refractivity contribution >= 4 is 64.5 Å². The topological polar surface area (TPSA) is 21.5 Å². The lowest BCUT2D eigenvalue weighted by atomic mass is 10.1. The molecule has 0 fully saturated rings. The predicted octanol–water partition coefficient (Wildman–Crippen LogP) is 5.02. The molecule has 0 aliphatic heterocycles. The molecule has 0 aliphatic carbocycles. The Bertz CT molecular complexity index is 1220. The Labute approximate surface area is 131 Å². The molecule has 0 spiro atoms. The van der Waals surface area contributed by atoms with Crippen LogP contribution in [-0.4, -0.2) is 4.40 Å². The van der Waals surface area contributed by atoms with Gasteiger partial charge < -0.3 is 0 Å². The molecule has 0 radical (unpaired) electrons. The average molecular weight is 354 g/mol. The van der Waals surface area contributed by atoms with E-state index in [1.165, 1.54) is 4.70 Å². The molecule has 5 aromatic rings. The van der Waals surface area contributed by atoms with Gasteiger partial charge in [-0.3, -0.25) is 9.20 Å². The third kappa shape index (κ3) is 1.30. The van der Waals surface area contributed by atoms with Gasteiger partial charge in [-0.1, -0.05) is 36.4 Å². The second-order valence-electron chi connectivity index (χ2n) is 5.13. The van der Waals surface area contributed by atoms with Gasteiger partial charge in [0.2, 0.25) is 0 Å². The van der Waals surface area contributed by atoms with E-state index in [1.54, 1.807) is 11.3 Å². The zero-order valence-corrected chi connectivity index (χ0v) is 13.2. The van der Waals surface area contributed by atoms with Gasteiger partial charge in [-0.2, -0.15) is 0 Å². The zero-order valence-electron chi connectivity index (χ0n) is 10.8. The van der Waals surface area contributed by atoms with Crippen LogP contribution in [0.4, 0.5) is 0 Å². The maximum absolute atomic E-state index is 12.9. The van der Waals surface area contributed by atoms with E-state index in [-0.39, 0.29) is 5.56 Å². The first-order valence-corrected chi connectivity index (χ1v) is 8.24. The summed E-state index contributed by atoms with van der Waals surface area (Å²) in [5, 5.41) is 4.08. The molecule has 2 nitrogen and oxygen atoms in total. The van der Waals surface area contributed by atoms with Crippen molar-refractivity contribution in [3.8, 4) is 0 Å². The summed E-state index contributed by atoms with van der Waals surface area (Å²) < 4.78 is 4.13. The van der Waals surface area contributed by atoms with Gasteiger partial charge in [0.15, 0.2) is 0 Å². The van der Waals surface area contributed by atoms with Gasteiger partial charge in [-0.25, -0.2) is 0 Å². The first-order valence-electron chi connectivity index (χ1n) is 6.63. The number of thiophene rings is 1. The number of para-hydroxylation sites is 1. The zero-order chi connectivity index (χ0) is 14.1. The fraction of sp³-hybridized carbons (Fsp3) is 0. The van der Waals surface area contributed by atoms with Crippen molar-refractivity contribution in [1.29, 1.82) is 0 Å². The van der Waals surface area contributed by atoms with E-state index in [9.17, 15) is 4.79 Å². The highest BCUT2D eigenvalue weighted by molar-refractivity contribution is 9.11. The molecule has 0 saturated heterocycles. The first kappa shape index (κ1) is 11.7. The summed E-state index contributed by atoms with van der Waals surface area (Å²) in [6, 6.07) is 16.0. The lowest BCUT2D eigenvalue weighted by Crippen LogP contribution is -2.12. The van der Waals surface area contributed by atoms with E-state index < -0.39 is 0 Å². The molecule has 0 N–H and O–H groups in total. The SMILES string of the molecule is O=c1c2ccccc2c2c(Br)sc3c4ccccc4n1c32. The average Bonchev–Trinajstić information content (AvgIpc) is 3.01. The molecule has 0 atom stereocenters. The summed E-state index contributed by atoms with van der Waals surface area (Å²) in [6.45, 7) is 0. The summed E-state index contributed by atoms with van der Waals surface area (Å²) in [7, 11) is 0. The third-order valence-electron chi connectivity index (χ3n) is 4.08. The molecular weight excluding hydrogens is 346 g/mol. The standard InChI is InChI=1S/C17H8BrNOS/c18-16-13-9-5-1-2-6-10(9)17(20)19-12-8-4-3-7-11(12)15(21-16)14(13)19/h1-8H. The molecule has 5 rings (SSSR count). The second kappa shape index (κ2) is 3.84. The van der Waals surface area contributed by atoms with E-state index in [0.717, 1.165) is 36.4 Å². The molecule has 2 aromatic carbocycles. The molecule has 3 aromatic heterocycles. The number of fused-ring (bicyclic) bond motifs is 5. The Kier molecular flexibility index (Phi) is 2.14. The fourth-order valence-electron chi connectivity index (χ4n) is 3.23. The van der Waals surface area contributed by atoms with E-state index in [0.29, 0.717) is 0 Å². The first-order chi connectivity index (χ1) is 10.3. The van der Waals surface area contributed by atoms with Crippen LogP contribution in [0.2, 0.25) is 0 Å². The largest absolute Gasteiger partial charge is 0.274 e. The Balaban J connectivity index is 2.33. The van der Waals surface area contributed by atoms with Crippen LogP contribution in [0, 0.1) is 0 Å². The van der Waals surface area contributed by atoms with E-state index in [2.05, 4.69) is 22.0 Å². The Hall–Kier alpha value is -1.91. The molecule has 0 bridgehead atoms. The van der Waals surface area contributed by atoms with E-state index >= 15 is 0 Å². The Morgan fingerprint density at radius 2 is 1.57 bits per heavy atom. The van der Waals surface area contributed by atoms with E-state index in [1.807, 2.05) is 46.9 Å².